The molecule has 3 heteroatoms. The van der Waals surface area contributed by atoms with Crippen molar-refractivity contribution in [3.05, 3.63) is 33.4 Å². The predicted octanol–water partition coefficient (Wildman–Crippen LogP) is 2.65. The first-order valence-corrected chi connectivity index (χ1v) is 7.02. The third kappa shape index (κ3) is 2.57. The molecule has 1 aliphatic rings. The summed E-state index contributed by atoms with van der Waals surface area (Å²) < 4.78 is 1.31. The van der Waals surface area contributed by atoms with Crippen LogP contribution in [0.25, 0.3) is 0 Å². The number of likely N-dealkylation sites (N-methyl/N-ethyl adjacent to an activating group) is 1. The van der Waals surface area contributed by atoms with Crippen molar-refractivity contribution in [3.63, 3.8) is 0 Å². The van der Waals surface area contributed by atoms with E-state index < -0.39 is 0 Å². The normalized spacial score (nSPS) is 18.5. The minimum atomic E-state index is 0.522. The van der Waals surface area contributed by atoms with Crippen molar-refractivity contribution < 1.29 is 0 Å². The SMILES string of the molecule is CCN(C1CNC1)C(C)c1ccc(I)cc1. The average molecular weight is 330 g/mol. The van der Waals surface area contributed by atoms with Gasteiger partial charge in [0.15, 0.2) is 0 Å². The molecular weight excluding hydrogens is 311 g/mol. The van der Waals surface area contributed by atoms with E-state index in [-0.39, 0.29) is 0 Å². The van der Waals surface area contributed by atoms with Crippen LogP contribution in [0, 0.1) is 3.57 Å². The topological polar surface area (TPSA) is 15.3 Å². The zero-order valence-corrected chi connectivity index (χ0v) is 12.1. The first kappa shape index (κ1) is 12.3. The minimum absolute atomic E-state index is 0.522. The van der Waals surface area contributed by atoms with Gasteiger partial charge >= 0.3 is 0 Å². The van der Waals surface area contributed by atoms with Crippen LogP contribution in [0.4, 0.5) is 0 Å². The van der Waals surface area contributed by atoms with Crippen molar-refractivity contribution in [3.8, 4) is 0 Å². The Morgan fingerprint density at radius 3 is 2.44 bits per heavy atom. The molecule has 1 aliphatic heterocycles. The van der Waals surface area contributed by atoms with Crippen molar-refractivity contribution in [2.45, 2.75) is 25.9 Å². The molecule has 1 aromatic carbocycles. The van der Waals surface area contributed by atoms with Crippen LogP contribution in [0.15, 0.2) is 24.3 Å². The van der Waals surface area contributed by atoms with Gasteiger partial charge in [0.1, 0.15) is 0 Å². The van der Waals surface area contributed by atoms with Gasteiger partial charge in [-0.1, -0.05) is 19.1 Å². The Bertz CT molecular complexity index is 332. The van der Waals surface area contributed by atoms with Crippen LogP contribution >= 0.6 is 22.6 Å². The summed E-state index contributed by atoms with van der Waals surface area (Å²) in [6, 6.07) is 10.1. The summed E-state index contributed by atoms with van der Waals surface area (Å²) in [6.07, 6.45) is 0. The van der Waals surface area contributed by atoms with Crippen LogP contribution in [0.3, 0.4) is 0 Å². The largest absolute Gasteiger partial charge is 0.314 e. The molecule has 0 amide bonds. The number of hydrogen-bond donors (Lipinski definition) is 1. The van der Waals surface area contributed by atoms with E-state index in [2.05, 4.69) is 70.9 Å². The fourth-order valence-corrected chi connectivity index (χ4v) is 2.65. The highest BCUT2D eigenvalue weighted by atomic mass is 127. The molecule has 0 aliphatic carbocycles. The monoisotopic (exact) mass is 330 g/mol. The summed E-state index contributed by atoms with van der Waals surface area (Å²) in [4.78, 5) is 2.58. The van der Waals surface area contributed by atoms with Gasteiger partial charge in [0.25, 0.3) is 0 Å². The summed E-state index contributed by atoms with van der Waals surface area (Å²) in [5.74, 6) is 0. The molecule has 1 aromatic rings. The van der Waals surface area contributed by atoms with E-state index in [9.17, 15) is 0 Å². The van der Waals surface area contributed by atoms with Gasteiger partial charge in [-0.25, -0.2) is 0 Å². The highest BCUT2D eigenvalue weighted by Crippen LogP contribution is 2.24. The number of halogens is 1. The zero-order chi connectivity index (χ0) is 11.5. The Kier molecular flexibility index (Phi) is 4.21. The van der Waals surface area contributed by atoms with E-state index in [0.717, 1.165) is 25.7 Å². The first-order chi connectivity index (χ1) is 7.72. The summed E-state index contributed by atoms with van der Waals surface area (Å²) in [6.45, 7) is 7.97. The predicted molar refractivity (Wildman–Crippen MR) is 76.6 cm³/mol. The molecule has 2 nitrogen and oxygen atoms in total. The molecule has 2 rings (SSSR count). The van der Waals surface area contributed by atoms with E-state index in [1.54, 1.807) is 0 Å². The molecule has 1 N–H and O–H groups in total. The second-order valence-corrected chi connectivity index (χ2v) is 5.62. The van der Waals surface area contributed by atoms with Crippen LogP contribution in [-0.4, -0.2) is 30.6 Å². The van der Waals surface area contributed by atoms with Crippen molar-refractivity contribution in [1.82, 2.24) is 10.2 Å². The molecule has 0 saturated carbocycles. The van der Waals surface area contributed by atoms with Gasteiger partial charge in [-0.2, -0.15) is 0 Å². The molecule has 88 valence electrons. The lowest BCUT2D eigenvalue weighted by Crippen LogP contribution is -2.57. The maximum atomic E-state index is 3.35. The maximum Gasteiger partial charge on any atom is 0.0351 e. The molecule has 0 aromatic heterocycles. The summed E-state index contributed by atoms with van der Waals surface area (Å²) in [5, 5.41) is 3.35. The number of nitrogens with zero attached hydrogens (tertiary/aromatic N) is 1. The third-order valence-electron chi connectivity index (χ3n) is 3.44. The van der Waals surface area contributed by atoms with Crippen LogP contribution < -0.4 is 5.32 Å². The first-order valence-electron chi connectivity index (χ1n) is 5.94. The second-order valence-electron chi connectivity index (χ2n) is 4.37. The Balaban J connectivity index is 2.09. The van der Waals surface area contributed by atoms with Crippen LogP contribution in [-0.2, 0) is 0 Å². The quantitative estimate of drug-likeness (QED) is 0.854. The van der Waals surface area contributed by atoms with E-state index >= 15 is 0 Å². The van der Waals surface area contributed by atoms with E-state index in [1.807, 2.05) is 0 Å². The Morgan fingerprint density at radius 1 is 1.38 bits per heavy atom. The fraction of sp³-hybridized carbons (Fsp3) is 0.538. The third-order valence-corrected chi connectivity index (χ3v) is 4.16. The molecule has 1 heterocycles. The Morgan fingerprint density at radius 2 is 2.00 bits per heavy atom. The molecule has 0 spiro atoms. The zero-order valence-electron chi connectivity index (χ0n) is 9.91. The molecule has 16 heavy (non-hydrogen) atoms. The van der Waals surface area contributed by atoms with Crippen LogP contribution in [0.1, 0.15) is 25.5 Å². The van der Waals surface area contributed by atoms with Crippen molar-refractivity contribution in [2.75, 3.05) is 19.6 Å². The number of hydrogen-bond acceptors (Lipinski definition) is 2. The van der Waals surface area contributed by atoms with Gasteiger partial charge in [-0.15, -0.1) is 0 Å². The van der Waals surface area contributed by atoms with Crippen molar-refractivity contribution >= 4 is 22.6 Å². The van der Waals surface area contributed by atoms with E-state index in [0.29, 0.717) is 6.04 Å². The van der Waals surface area contributed by atoms with E-state index in [1.165, 1.54) is 9.13 Å². The van der Waals surface area contributed by atoms with Crippen molar-refractivity contribution in [1.29, 1.82) is 0 Å². The fourth-order valence-electron chi connectivity index (χ4n) is 2.29. The summed E-state index contributed by atoms with van der Waals surface area (Å²) in [7, 11) is 0. The van der Waals surface area contributed by atoms with Gasteiger partial charge in [-0.3, -0.25) is 4.90 Å². The lowest BCUT2D eigenvalue weighted by atomic mass is 10.0. The molecule has 0 radical (unpaired) electrons. The number of nitrogens with one attached hydrogen (secondary N) is 1. The van der Waals surface area contributed by atoms with Crippen LogP contribution in [0.5, 0.6) is 0 Å². The van der Waals surface area contributed by atoms with Gasteiger partial charge in [-0.05, 0) is 53.8 Å². The van der Waals surface area contributed by atoms with Gasteiger partial charge in [0.05, 0.1) is 0 Å². The molecule has 0 bridgehead atoms. The Labute approximate surface area is 112 Å². The highest BCUT2D eigenvalue weighted by Gasteiger charge is 2.27. The van der Waals surface area contributed by atoms with Gasteiger partial charge < -0.3 is 5.32 Å². The lowest BCUT2D eigenvalue weighted by Gasteiger charge is -2.41. The Hall–Kier alpha value is -0.130. The second kappa shape index (κ2) is 5.47. The molecule has 1 fully saturated rings. The number of rotatable bonds is 4. The highest BCUT2D eigenvalue weighted by molar-refractivity contribution is 14.1. The summed E-state index contributed by atoms with van der Waals surface area (Å²) in [5.41, 5.74) is 1.43. The minimum Gasteiger partial charge on any atom is -0.314 e. The average Bonchev–Trinajstić information content (AvgIpc) is 2.23. The smallest absolute Gasteiger partial charge is 0.0351 e. The molecule has 1 unspecified atom stereocenters. The van der Waals surface area contributed by atoms with E-state index in [4.69, 9.17) is 0 Å². The van der Waals surface area contributed by atoms with Crippen molar-refractivity contribution in [2.24, 2.45) is 0 Å². The standard InChI is InChI=1S/C13H19IN2/c1-3-16(13-8-15-9-13)10(2)11-4-6-12(14)7-5-11/h4-7,10,13,15H,3,8-9H2,1-2H3. The number of benzene rings is 1. The lowest BCUT2D eigenvalue weighted by molar-refractivity contribution is 0.110. The maximum absolute atomic E-state index is 3.35. The molecule has 1 atom stereocenters. The summed E-state index contributed by atoms with van der Waals surface area (Å²) >= 11 is 2.35. The van der Waals surface area contributed by atoms with Gasteiger partial charge in [0.2, 0.25) is 0 Å². The van der Waals surface area contributed by atoms with Crippen LogP contribution in [0.2, 0.25) is 0 Å². The molecular formula is C13H19IN2. The molecule has 1 saturated heterocycles. The van der Waals surface area contributed by atoms with Gasteiger partial charge in [0, 0.05) is 28.7 Å².